The number of hydrogen-bond acceptors (Lipinski definition) is 3. The van der Waals surface area contributed by atoms with E-state index in [0.29, 0.717) is 11.3 Å². The molecule has 0 spiro atoms. The Bertz CT molecular complexity index is 705. The number of thioether (sulfide) groups is 1. The fourth-order valence-corrected chi connectivity index (χ4v) is 4.31. The van der Waals surface area contributed by atoms with Crippen LogP contribution in [0.1, 0.15) is 48.9 Å². The van der Waals surface area contributed by atoms with Crippen molar-refractivity contribution in [2.24, 2.45) is 0 Å². The molecule has 1 aromatic carbocycles. The fraction of sp³-hybridized carbons (Fsp3) is 0.444. The molecule has 4 rings (SSSR count). The molecule has 1 heterocycles. The number of carbonyl (C=O) groups is 1. The third kappa shape index (κ3) is 2.98. The first-order valence-electron chi connectivity index (χ1n) is 8.17. The second-order valence-corrected chi connectivity index (χ2v) is 7.62. The van der Waals surface area contributed by atoms with Gasteiger partial charge >= 0.3 is 0 Å². The number of nitrogens with one attached hydrogen (secondary N) is 1. The van der Waals surface area contributed by atoms with E-state index >= 15 is 0 Å². The summed E-state index contributed by atoms with van der Waals surface area (Å²) >= 11 is 1.84. The molecular formula is C18H20N2OS. The Hall–Kier alpha value is -1.55. The lowest BCUT2D eigenvalue weighted by atomic mass is 10.1. The van der Waals surface area contributed by atoms with Crippen molar-refractivity contribution in [1.82, 2.24) is 10.3 Å². The number of aromatic nitrogens is 1. The van der Waals surface area contributed by atoms with Crippen molar-refractivity contribution < 1.29 is 4.79 Å². The van der Waals surface area contributed by atoms with Gasteiger partial charge in [-0.05, 0) is 37.8 Å². The van der Waals surface area contributed by atoms with E-state index in [-0.39, 0.29) is 5.91 Å². The lowest BCUT2D eigenvalue weighted by Gasteiger charge is -2.12. The topological polar surface area (TPSA) is 42.0 Å². The highest BCUT2D eigenvalue weighted by atomic mass is 32.2. The molecule has 1 aromatic heterocycles. The Morgan fingerprint density at radius 2 is 1.91 bits per heavy atom. The average Bonchev–Trinajstić information content (AvgIpc) is 3.20. The molecule has 0 atom stereocenters. The third-order valence-corrected chi connectivity index (χ3v) is 5.69. The largest absolute Gasteiger partial charge is 0.349 e. The molecule has 2 aliphatic rings. The number of nitrogens with zero attached hydrogens (tertiary/aromatic N) is 1. The summed E-state index contributed by atoms with van der Waals surface area (Å²) in [4.78, 5) is 17.3. The van der Waals surface area contributed by atoms with Crippen molar-refractivity contribution in [2.75, 3.05) is 0 Å². The molecule has 22 heavy (non-hydrogen) atoms. The Labute approximate surface area is 134 Å². The Balaban J connectivity index is 1.69. The molecule has 0 unspecified atom stereocenters. The van der Waals surface area contributed by atoms with Crippen LogP contribution in [0, 0.1) is 0 Å². The number of rotatable bonds is 4. The van der Waals surface area contributed by atoms with Gasteiger partial charge in [-0.15, -0.1) is 11.8 Å². The van der Waals surface area contributed by atoms with Crippen LogP contribution in [0.25, 0.3) is 10.9 Å². The number of para-hydroxylation sites is 1. The van der Waals surface area contributed by atoms with Crippen LogP contribution in [0.3, 0.4) is 0 Å². The van der Waals surface area contributed by atoms with E-state index in [1.54, 1.807) is 0 Å². The average molecular weight is 312 g/mol. The van der Waals surface area contributed by atoms with E-state index in [9.17, 15) is 4.79 Å². The van der Waals surface area contributed by atoms with Crippen LogP contribution in [0.5, 0.6) is 0 Å². The Morgan fingerprint density at radius 1 is 1.14 bits per heavy atom. The molecule has 3 nitrogen and oxygen atoms in total. The van der Waals surface area contributed by atoms with Gasteiger partial charge in [0.2, 0.25) is 0 Å². The summed E-state index contributed by atoms with van der Waals surface area (Å²) < 4.78 is 0. The molecular weight excluding hydrogens is 292 g/mol. The van der Waals surface area contributed by atoms with E-state index in [2.05, 4.69) is 5.32 Å². The number of fused-ring (bicyclic) bond motifs is 1. The first-order chi connectivity index (χ1) is 10.8. The maximum Gasteiger partial charge on any atom is 0.252 e. The van der Waals surface area contributed by atoms with Gasteiger partial charge in [-0.1, -0.05) is 31.0 Å². The molecule has 0 radical (unpaired) electrons. The van der Waals surface area contributed by atoms with Crippen molar-refractivity contribution in [3.63, 3.8) is 0 Å². The minimum absolute atomic E-state index is 0.0503. The predicted molar refractivity (Wildman–Crippen MR) is 90.3 cm³/mol. The van der Waals surface area contributed by atoms with E-state index in [1.807, 2.05) is 42.1 Å². The molecule has 2 fully saturated rings. The van der Waals surface area contributed by atoms with Crippen LogP contribution in [0.4, 0.5) is 0 Å². The van der Waals surface area contributed by atoms with Crippen molar-refractivity contribution in [3.8, 4) is 0 Å². The smallest absolute Gasteiger partial charge is 0.252 e. The van der Waals surface area contributed by atoms with E-state index in [4.69, 9.17) is 4.98 Å². The van der Waals surface area contributed by atoms with E-state index in [0.717, 1.165) is 34.3 Å². The summed E-state index contributed by atoms with van der Waals surface area (Å²) in [5, 5.41) is 5.71. The number of hydrogen-bond donors (Lipinski definition) is 1. The SMILES string of the molecule is O=C(NC1CC1)c1cc(SC2CCCC2)nc2ccccc12. The van der Waals surface area contributed by atoms with E-state index in [1.165, 1.54) is 25.7 Å². The molecule has 2 aromatic rings. The van der Waals surface area contributed by atoms with Gasteiger partial charge in [-0.25, -0.2) is 4.98 Å². The summed E-state index contributed by atoms with van der Waals surface area (Å²) in [6, 6.07) is 10.3. The second kappa shape index (κ2) is 5.92. The molecule has 1 N–H and O–H groups in total. The summed E-state index contributed by atoms with van der Waals surface area (Å²) in [6.45, 7) is 0. The Kier molecular flexibility index (Phi) is 3.78. The van der Waals surface area contributed by atoms with Crippen LogP contribution in [0.15, 0.2) is 35.4 Å². The van der Waals surface area contributed by atoms with Crippen LogP contribution in [-0.4, -0.2) is 22.2 Å². The number of amides is 1. The molecule has 2 aliphatic carbocycles. The second-order valence-electron chi connectivity index (χ2n) is 6.30. The monoisotopic (exact) mass is 312 g/mol. The van der Waals surface area contributed by atoms with Gasteiger partial charge < -0.3 is 5.32 Å². The summed E-state index contributed by atoms with van der Waals surface area (Å²) in [5.74, 6) is 0.0503. The first kappa shape index (κ1) is 14.1. The maximum absolute atomic E-state index is 12.6. The predicted octanol–water partition coefficient (Wildman–Crippen LogP) is 4.16. The van der Waals surface area contributed by atoms with Crippen molar-refractivity contribution >= 4 is 28.6 Å². The summed E-state index contributed by atoms with van der Waals surface area (Å²) in [7, 11) is 0. The van der Waals surface area contributed by atoms with Crippen LogP contribution >= 0.6 is 11.8 Å². The van der Waals surface area contributed by atoms with Gasteiger partial charge in [0.1, 0.15) is 0 Å². The molecule has 0 aliphatic heterocycles. The highest BCUT2D eigenvalue weighted by Crippen LogP contribution is 2.35. The minimum Gasteiger partial charge on any atom is -0.349 e. The fourth-order valence-electron chi connectivity index (χ4n) is 3.07. The number of pyridine rings is 1. The summed E-state index contributed by atoms with van der Waals surface area (Å²) in [5.41, 5.74) is 1.70. The van der Waals surface area contributed by atoms with Crippen molar-refractivity contribution in [1.29, 1.82) is 0 Å². The van der Waals surface area contributed by atoms with Gasteiger partial charge in [0.05, 0.1) is 16.1 Å². The van der Waals surface area contributed by atoms with Gasteiger partial charge in [0, 0.05) is 16.7 Å². The zero-order chi connectivity index (χ0) is 14.9. The maximum atomic E-state index is 12.6. The van der Waals surface area contributed by atoms with Gasteiger partial charge in [0.25, 0.3) is 5.91 Å². The minimum atomic E-state index is 0.0503. The van der Waals surface area contributed by atoms with Crippen LogP contribution in [0.2, 0.25) is 0 Å². The summed E-state index contributed by atoms with van der Waals surface area (Å²) in [6.07, 6.45) is 7.39. The lowest BCUT2D eigenvalue weighted by molar-refractivity contribution is 0.0952. The molecule has 0 bridgehead atoms. The molecule has 2 saturated carbocycles. The zero-order valence-electron chi connectivity index (χ0n) is 12.5. The molecule has 0 saturated heterocycles. The Morgan fingerprint density at radius 3 is 2.68 bits per heavy atom. The van der Waals surface area contributed by atoms with Gasteiger partial charge in [0.15, 0.2) is 0 Å². The highest BCUT2D eigenvalue weighted by Gasteiger charge is 2.25. The van der Waals surface area contributed by atoms with E-state index < -0.39 is 0 Å². The molecule has 1 amide bonds. The quantitative estimate of drug-likeness (QED) is 0.921. The van der Waals surface area contributed by atoms with Gasteiger partial charge in [-0.3, -0.25) is 4.79 Å². The first-order valence-corrected chi connectivity index (χ1v) is 9.05. The molecule has 114 valence electrons. The lowest BCUT2D eigenvalue weighted by Crippen LogP contribution is -2.25. The van der Waals surface area contributed by atoms with Gasteiger partial charge in [-0.2, -0.15) is 0 Å². The van der Waals surface area contributed by atoms with Crippen molar-refractivity contribution in [3.05, 3.63) is 35.9 Å². The standard InChI is InChI=1S/C18H20N2OS/c21-18(19-12-9-10-12)15-11-17(22-13-5-1-2-6-13)20-16-8-4-3-7-14(15)16/h3-4,7-8,11-13H,1-2,5-6,9-10H2,(H,19,21). The van der Waals surface area contributed by atoms with Crippen molar-refractivity contribution in [2.45, 2.75) is 54.8 Å². The molecule has 4 heteroatoms. The normalized spacial score (nSPS) is 18.7. The third-order valence-electron chi connectivity index (χ3n) is 4.44. The van der Waals surface area contributed by atoms with Crippen LogP contribution in [-0.2, 0) is 0 Å². The zero-order valence-corrected chi connectivity index (χ0v) is 13.4. The number of carbonyl (C=O) groups excluding carboxylic acids is 1. The van der Waals surface area contributed by atoms with Crippen LogP contribution < -0.4 is 5.32 Å². The number of benzene rings is 1. The highest BCUT2D eigenvalue weighted by molar-refractivity contribution is 7.99.